The summed E-state index contributed by atoms with van der Waals surface area (Å²) in [6.45, 7) is 7.39. The fourth-order valence-electron chi connectivity index (χ4n) is 0.354. The zero-order valence-electron chi connectivity index (χ0n) is 6.24. The van der Waals surface area contributed by atoms with E-state index in [0.717, 1.165) is 12.8 Å². The Labute approximate surface area is 138 Å². The maximum atomic E-state index is 3.70. The van der Waals surface area contributed by atoms with Crippen LogP contribution in [0.15, 0.2) is 0 Å². The van der Waals surface area contributed by atoms with Gasteiger partial charge in [-0.2, -0.15) is 12.8 Å². The average Bonchev–Trinajstić information content (AvgIpc) is 1.61. The summed E-state index contributed by atoms with van der Waals surface area (Å²) < 4.78 is 0. The molecule has 0 aromatic carbocycles. The second kappa shape index (κ2) is 16.7. The SMILES string of the molecule is [CH2-]CCCC[CH2-].[K+].[K+]. The molecule has 38 valence electrons. The molecule has 0 bridgehead atoms. The van der Waals surface area contributed by atoms with Crippen molar-refractivity contribution in [1.29, 1.82) is 0 Å². The summed E-state index contributed by atoms with van der Waals surface area (Å²) in [7, 11) is 0. The molecule has 0 aliphatic carbocycles. The van der Waals surface area contributed by atoms with Crippen molar-refractivity contribution < 1.29 is 103 Å². The summed E-state index contributed by atoms with van der Waals surface area (Å²) in [5.74, 6) is 0. The van der Waals surface area contributed by atoms with Crippen LogP contribution in [-0.2, 0) is 0 Å². The van der Waals surface area contributed by atoms with Crippen molar-refractivity contribution in [3.05, 3.63) is 13.8 Å². The van der Waals surface area contributed by atoms with Gasteiger partial charge in [-0.15, -0.1) is 0 Å². The standard InChI is InChI=1S/C6H12.2K/c1-3-5-6-4-2;;/h1-6H2;;/q-2;2*+1. The molecular formula is C6H12K2. The zero-order valence-corrected chi connectivity index (χ0v) is 12.5. The van der Waals surface area contributed by atoms with E-state index in [2.05, 4.69) is 13.8 Å². The third-order valence-electron chi connectivity index (χ3n) is 0.750. The molecular weight excluding hydrogens is 150 g/mol. The van der Waals surface area contributed by atoms with E-state index in [4.69, 9.17) is 0 Å². The van der Waals surface area contributed by atoms with Crippen molar-refractivity contribution in [3.8, 4) is 0 Å². The number of unbranched alkanes of at least 4 members (excludes halogenated alkanes) is 3. The monoisotopic (exact) mass is 162 g/mol. The predicted octanol–water partition coefficient (Wildman–Crippen LogP) is -3.78. The second-order valence-electron chi connectivity index (χ2n) is 1.41. The first-order chi connectivity index (χ1) is 2.91. The van der Waals surface area contributed by atoms with E-state index in [1.807, 2.05) is 0 Å². The first kappa shape index (κ1) is 17.4. The molecule has 0 nitrogen and oxygen atoms in total. The molecule has 0 amide bonds. The van der Waals surface area contributed by atoms with Gasteiger partial charge in [0.1, 0.15) is 0 Å². The number of rotatable bonds is 3. The smallest absolute Gasteiger partial charge is 0.343 e. The third kappa shape index (κ3) is 16.1. The van der Waals surface area contributed by atoms with Gasteiger partial charge in [-0.1, -0.05) is 12.8 Å². The minimum absolute atomic E-state index is 0. The summed E-state index contributed by atoms with van der Waals surface area (Å²) >= 11 is 0. The van der Waals surface area contributed by atoms with Gasteiger partial charge < -0.3 is 13.8 Å². The van der Waals surface area contributed by atoms with E-state index in [1.54, 1.807) is 0 Å². The van der Waals surface area contributed by atoms with E-state index in [1.165, 1.54) is 12.8 Å². The van der Waals surface area contributed by atoms with Crippen LogP contribution in [0.4, 0.5) is 0 Å². The first-order valence-electron chi connectivity index (χ1n) is 2.50. The van der Waals surface area contributed by atoms with Crippen molar-refractivity contribution in [2.24, 2.45) is 0 Å². The molecule has 0 heterocycles. The Bertz CT molecular complexity index is 18.5. The van der Waals surface area contributed by atoms with Gasteiger partial charge in [-0.05, 0) is 0 Å². The van der Waals surface area contributed by atoms with Gasteiger partial charge in [-0.3, -0.25) is 0 Å². The van der Waals surface area contributed by atoms with Crippen LogP contribution in [0.1, 0.15) is 25.7 Å². The molecule has 0 atom stereocenters. The minimum atomic E-state index is 0. The molecule has 0 aromatic heterocycles. The van der Waals surface area contributed by atoms with E-state index < -0.39 is 0 Å². The largest absolute Gasteiger partial charge is 1.00 e. The van der Waals surface area contributed by atoms with Gasteiger partial charge in [0.05, 0.1) is 0 Å². The van der Waals surface area contributed by atoms with Crippen molar-refractivity contribution in [3.63, 3.8) is 0 Å². The molecule has 2 heteroatoms. The Morgan fingerprint density at radius 3 is 1.12 bits per heavy atom. The molecule has 0 saturated heterocycles. The average molecular weight is 162 g/mol. The van der Waals surface area contributed by atoms with E-state index >= 15 is 0 Å². The maximum absolute atomic E-state index is 3.70. The van der Waals surface area contributed by atoms with Crippen LogP contribution in [-0.4, -0.2) is 0 Å². The summed E-state index contributed by atoms with van der Waals surface area (Å²) in [6.07, 6.45) is 4.61. The molecule has 0 aliphatic heterocycles. The Morgan fingerprint density at radius 1 is 0.750 bits per heavy atom. The van der Waals surface area contributed by atoms with Crippen LogP contribution in [0.2, 0.25) is 0 Å². The van der Waals surface area contributed by atoms with Crippen LogP contribution in [0.3, 0.4) is 0 Å². The van der Waals surface area contributed by atoms with E-state index in [0.29, 0.717) is 0 Å². The number of hydrogen-bond donors (Lipinski definition) is 0. The third-order valence-corrected chi connectivity index (χ3v) is 0.750. The summed E-state index contributed by atoms with van der Waals surface area (Å²) in [6, 6.07) is 0. The molecule has 0 radical (unpaired) electrons. The maximum Gasteiger partial charge on any atom is 1.00 e. The minimum Gasteiger partial charge on any atom is -0.343 e. The topological polar surface area (TPSA) is 0 Å². The molecule has 0 fully saturated rings. The van der Waals surface area contributed by atoms with E-state index in [-0.39, 0.29) is 103 Å². The normalized spacial score (nSPS) is 6.75. The van der Waals surface area contributed by atoms with Crippen LogP contribution in [0.25, 0.3) is 0 Å². The van der Waals surface area contributed by atoms with Crippen LogP contribution in [0, 0.1) is 13.8 Å². The molecule has 0 aromatic rings. The van der Waals surface area contributed by atoms with Gasteiger partial charge in [-0.25, -0.2) is 0 Å². The van der Waals surface area contributed by atoms with Crippen LogP contribution in [0.5, 0.6) is 0 Å². The Hall–Kier alpha value is 3.27. The molecule has 8 heavy (non-hydrogen) atoms. The van der Waals surface area contributed by atoms with Gasteiger partial charge >= 0.3 is 103 Å². The molecule has 0 spiro atoms. The fourth-order valence-corrected chi connectivity index (χ4v) is 0.354. The van der Waals surface area contributed by atoms with Crippen molar-refractivity contribution in [2.75, 3.05) is 0 Å². The number of hydrogen-bond acceptors (Lipinski definition) is 0. The van der Waals surface area contributed by atoms with Crippen molar-refractivity contribution >= 4 is 0 Å². The Morgan fingerprint density at radius 2 is 1.00 bits per heavy atom. The second-order valence-corrected chi connectivity index (χ2v) is 1.41. The first-order valence-corrected chi connectivity index (χ1v) is 2.50. The molecule has 0 unspecified atom stereocenters. The Balaban J connectivity index is -0.000000125. The molecule has 0 N–H and O–H groups in total. The quantitative estimate of drug-likeness (QED) is 0.227. The zero-order chi connectivity index (χ0) is 4.83. The van der Waals surface area contributed by atoms with Crippen LogP contribution >= 0.6 is 0 Å². The van der Waals surface area contributed by atoms with Crippen LogP contribution < -0.4 is 103 Å². The molecule has 0 aliphatic rings. The van der Waals surface area contributed by atoms with Gasteiger partial charge in [0.25, 0.3) is 0 Å². The predicted molar refractivity (Wildman–Crippen MR) is 29.2 cm³/mol. The van der Waals surface area contributed by atoms with E-state index in [9.17, 15) is 0 Å². The summed E-state index contributed by atoms with van der Waals surface area (Å²) in [5, 5.41) is 0. The molecule has 0 rings (SSSR count). The summed E-state index contributed by atoms with van der Waals surface area (Å²) in [5.41, 5.74) is 0. The Kier molecular flexibility index (Phi) is 36.3. The summed E-state index contributed by atoms with van der Waals surface area (Å²) in [4.78, 5) is 0. The van der Waals surface area contributed by atoms with Gasteiger partial charge in [0.15, 0.2) is 0 Å². The van der Waals surface area contributed by atoms with Gasteiger partial charge in [0, 0.05) is 0 Å². The fraction of sp³-hybridized carbons (Fsp3) is 0.667. The van der Waals surface area contributed by atoms with Crippen molar-refractivity contribution in [2.45, 2.75) is 25.7 Å². The molecule has 0 saturated carbocycles. The van der Waals surface area contributed by atoms with Gasteiger partial charge in [0.2, 0.25) is 0 Å². The van der Waals surface area contributed by atoms with Crippen molar-refractivity contribution in [1.82, 2.24) is 0 Å².